The minimum Gasteiger partial charge on any atom is -0.396 e. The normalized spacial score (nSPS) is 10.6. The lowest BCUT2D eigenvalue weighted by Gasteiger charge is -1.96. The predicted octanol–water partition coefficient (Wildman–Crippen LogP) is 1.78. The van der Waals surface area contributed by atoms with E-state index in [9.17, 15) is 0 Å². The van der Waals surface area contributed by atoms with Crippen molar-refractivity contribution in [2.45, 2.75) is 25.7 Å². The first-order valence-electron chi connectivity index (χ1n) is 5.85. The van der Waals surface area contributed by atoms with E-state index in [0.29, 0.717) is 18.7 Å². The molecule has 0 spiro atoms. The number of benzene rings is 1. The first-order valence-corrected chi connectivity index (χ1v) is 5.85. The molecule has 0 atom stereocenters. The quantitative estimate of drug-likeness (QED) is 0.824. The highest BCUT2D eigenvalue weighted by molar-refractivity contribution is 5.15. The van der Waals surface area contributed by atoms with Gasteiger partial charge in [-0.2, -0.15) is 4.98 Å². The van der Waals surface area contributed by atoms with Gasteiger partial charge in [0.15, 0.2) is 5.82 Å². The Hall–Kier alpha value is -1.68. The molecule has 4 nitrogen and oxygen atoms in total. The Morgan fingerprint density at radius 1 is 1.06 bits per heavy atom. The molecule has 0 aliphatic rings. The SMILES string of the molecule is OCCCc1nc(CCc2ccccc2)no1. The second-order valence-electron chi connectivity index (χ2n) is 3.92. The van der Waals surface area contributed by atoms with Crippen LogP contribution in [0.3, 0.4) is 0 Å². The summed E-state index contributed by atoms with van der Waals surface area (Å²) in [6.07, 6.45) is 3.02. The number of hydrogen-bond donors (Lipinski definition) is 1. The maximum absolute atomic E-state index is 8.70. The van der Waals surface area contributed by atoms with Gasteiger partial charge in [-0.1, -0.05) is 35.5 Å². The average molecular weight is 232 g/mol. The van der Waals surface area contributed by atoms with E-state index in [2.05, 4.69) is 22.3 Å². The maximum atomic E-state index is 8.70. The summed E-state index contributed by atoms with van der Waals surface area (Å²) in [5.41, 5.74) is 1.27. The fourth-order valence-corrected chi connectivity index (χ4v) is 1.62. The monoisotopic (exact) mass is 232 g/mol. The Bertz CT molecular complexity index is 440. The van der Waals surface area contributed by atoms with Crippen molar-refractivity contribution in [2.24, 2.45) is 0 Å². The topological polar surface area (TPSA) is 59.2 Å². The summed E-state index contributed by atoms with van der Waals surface area (Å²) in [4.78, 5) is 4.27. The fourth-order valence-electron chi connectivity index (χ4n) is 1.62. The Balaban J connectivity index is 1.85. The van der Waals surface area contributed by atoms with Gasteiger partial charge in [-0.05, 0) is 18.4 Å². The third-order valence-corrected chi connectivity index (χ3v) is 2.54. The summed E-state index contributed by atoms with van der Waals surface area (Å²) in [7, 11) is 0. The summed E-state index contributed by atoms with van der Waals surface area (Å²) in [6.45, 7) is 0.154. The standard InChI is InChI=1S/C13H16N2O2/c16-10-4-7-13-14-12(15-17-13)9-8-11-5-2-1-3-6-11/h1-3,5-6,16H,4,7-10H2. The predicted molar refractivity (Wildman–Crippen MR) is 63.6 cm³/mol. The van der Waals surface area contributed by atoms with Crippen LogP contribution in [0, 0.1) is 0 Å². The molecule has 0 radical (unpaired) electrons. The molecule has 2 rings (SSSR count). The first kappa shape index (κ1) is 11.8. The molecule has 1 aromatic carbocycles. The zero-order valence-electron chi connectivity index (χ0n) is 9.67. The van der Waals surface area contributed by atoms with Gasteiger partial charge in [0.25, 0.3) is 0 Å². The molecule has 1 N–H and O–H groups in total. The van der Waals surface area contributed by atoms with Gasteiger partial charge in [0.05, 0.1) is 0 Å². The molecule has 0 aliphatic heterocycles. The van der Waals surface area contributed by atoms with Gasteiger partial charge < -0.3 is 9.63 Å². The van der Waals surface area contributed by atoms with Crippen LogP contribution in [0.2, 0.25) is 0 Å². The second kappa shape index (κ2) is 6.15. The molecule has 0 saturated carbocycles. The summed E-state index contributed by atoms with van der Waals surface area (Å²) >= 11 is 0. The third kappa shape index (κ3) is 3.67. The maximum Gasteiger partial charge on any atom is 0.226 e. The molecule has 0 aliphatic carbocycles. The van der Waals surface area contributed by atoms with Gasteiger partial charge in [0, 0.05) is 19.4 Å². The minimum absolute atomic E-state index is 0.154. The zero-order chi connectivity index (χ0) is 11.9. The van der Waals surface area contributed by atoms with Crippen molar-refractivity contribution in [2.75, 3.05) is 6.61 Å². The molecule has 0 fully saturated rings. The van der Waals surface area contributed by atoms with E-state index in [-0.39, 0.29) is 6.61 Å². The molecule has 0 amide bonds. The smallest absolute Gasteiger partial charge is 0.226 e. The van der Waals surface area contributed by atoms with Crippen LogP contribution in [0.1, 0.15) is 23.7 Å². The van der Waals surface area contributed by atoms with Crippen LogP contribution in [0.4, 0.5) is 0 Å². The van der Waals surface area contributed by atoms with Crippen molar-refractivity contribution in [1.29, 1.82) is 0 Å². The Morgan fingerprint density at radius 3 is 2.65 bits per heavy atom. The Morgan fingerprint density at radius 2 is 1.88 bits per heavy atom. The summed E-state index contributed by atoms with van der Waals surface area (Å²) in [5.74, 6) is 1.35. The van der Waals surface area contributed by atoms with Gasteiger partial charge in [0.2, 0.25) is 5.89 Å². The number of aryl methyl sites for hydroxylation is 3. The van der Waals surface area contributed by atoms with Crippen molar-refractivity contribution in [3.8, 4) is 0 Å². The molecule has 17 heavy (non-hydrogen) atoms. The van der Waals surface area contributed by atoms with Crippen LogP contribution in [-0.4, -0.2) is 21.9 Å². The van der Waals surface area contributed by atoms with Gasteiger partial charge in [-0.3, -0.25) is 0 Å². The summed E-state index contributed by atoms with van der Waals surface area (Å²) < 4.78 is 5.08. The third-order valence-electron chi connectivity index (χ3n) is 2.54. The van der Waals surface area contributed by atoms with E-state index in [4.69, 9.17) is 9.63 Å². The number of aliphatic hydroxyl groups is 1. The van der Waals surface area contributed by atoms with Crippen LogP contribution < -0.4 is 0 Å². The molecule has 2 aromatic rings. The number of aromatic nitrogens is 2. The van der Waals surface area contributed by atoms with Crippen LogP contribution in [0.25, 0.3) is 0 Å². The van der Waals surface area contributed by atoms with Crippen LogP contribution >= 0.6 is 0 Å². The van der Waals surface area contributed by atoms with Gasteiger partial charge in [-0.25, -0.2) is 0 Å². The van der Waals surface area contributed by atoms with Crippen LogP contribution in [-0.2, 0) is 19.3 Å². The Labute approximate surface area is 100 Å². The van der Waals surface area contributed by atoms with E-state index in [1.165, 1.54) is 5.56 Å². The van der Waals surface area contributed by atoms with Crippen LogP contribution in [0.5, 0.6) is 0 Å². The lowest BCUT2D eigenvalue weighted by Crippen LogP contribution is -1.94. The van der Waals surface area contributed by atoms with Gasteiger partial charge >= 0.3 is 0 Å². The summed E-state index contributed by atoms with van der Waals surface area (Å²) in [5, 5.41) is 12.6. The first-order chi connectivity index (χ1) is 8.38. The van der Waals surface area contributed by atoms with Crippen molar-refractivity contribution < 1.29 is 9.63 Å². The molecule has 1 aromatic heterocycles. The highest BCUT2D eigenvalue weighted by atomic mass is 16.5. The van der Waals surface area contributed by atoms with Crippen molar-refractivity contribution >= 4 is 0 Å². The molecule has 0 saturated heterocycles. The highest BCUT2D eigenvalue weighted by Gasteiger charge is 2.05. The number of nitrogens with zero attached hydrogens (tertiary/aromatic N) is 2. The van der Waals surface area contributed by atoms with E-state index >= 15 is 0 Å². The molecule has 90 valence electrons. The van der Waals surface area contributed by atoms with E-state index in [0.717, 1.165) is 18.7 Å². The van der Waals surface area contributed by atoms with E-state index in [1.807, 2.05) is 18.2 Å². The Kier molecular flexibility index (Phi) is 4.27. The van der Waals surface area contributed by atoms with Crippen LogP contribution in [0.15, 0.2) is 34.9 Å². The molecule has 1 heterocycles. The molecule has 0 bridgehead atoms. The molecule has 0 unspecified atom stereocenters. The molecular weight excluding hydrogens is 216 g/mol. The number of rotatable bonds is 6. The van der Waals surface area contributed by atoms with Crippen molar-refractivity contribution in [1.82, 2.24) is 10.1 Å². The average Bonchev–Trinajstić information content (AvgIpc) is 2.83. The number of hydrogen-bond acceptors (Lipinski definition) is 4. The zero-order valence-corrected chi connectivity index (χ0v) is 9.67. The van der Waals surface area contributed by atoms with Crippen molar-refractivity contribution in [3.05, 3.63) is 47.6 Å². The fraction of sp³-hybridized carbons (Fsp3) is 0.385. The van der Waals surface area contributed by atoms with Gasteiger partial charge in [0.1, 0.15) is 0 Å². The lowest BCUT2D eigenvalue weighted by atomic mass is 10.1. The minimum atomic E-state index is 0.154. The molecular formula is C13H16N2O2. The van der Waals surface area contributed by atoms with E-state index in [1.54, 1.807) is 0 Å². The summed E-state index contributed by atoms with van der Waals surface area (Å²) in [6, 6.07) is 10.2. The van der Waals surface area contributed by atoms with Gasteiger partial charge in [-0.15, -0.1) is 0 Å². The van der Waals surface area contributed by atoms with E-state index < -0.39 is 0 Å². The number of aliphatic hydroxyl groups excluding tert-OH is 1. The lowest BCUT2D eigenvalue weighted by molar-refractivity contribution is 0.278. The largest absolute Gasteiger partial charge is 0.396 e. The second-order valence-corrected chi connectivity index (χ2v) is 3.92. The highest BCUT2D eigenvalue weighted by Crippen LogP contribution is 2.06. The van der Waals surface area contributed by atoms with Crippen molar-refractivity contribution in [3.63, 3.8) is 0 Å². The molecule has 4 heteroatoms.